The van der Waals surface area contributed by atoms with Crippen LogP contribution < -0.4 is 15.4 Å². The summed E-state index contributed by atoms with van der Waals surface area (Å²) in [4.78, 5) is 15.9. The summed E-state index contributed by atoms with van der Waals surface area (Å²) >= 11 is 0. The molecule has 1 rings (SSSR count). The van der Waals surface area contributed by atoms with Crippen molar-refractivity contribution in [1.82, 2.24) is 10.3 Å². The Morgan fingerprint density at radius 2 is 2.28 bits per heavy atom. The molecule has 100 valence electrons. The van der Waals surface area contributed by atoms with Crippen LogP contribution in [0.3, 0.4) is 0 Å². The molecule has 0 bridgehead atoms. The van der Waals surface area contributed by atoms with Gasteiger partial charge in [-0.1, -0.05) is 6.92 Å². The number of carbonyl (C=O) groups excluding carboxylic acids is 1. The maximum atomic E-state index is 11.8. The van der Waals surface area contributed by atoms with Crippen LogP contribution in [0.25, 0.3) is 0 Å². The third-order valence-corrected chi connectivity index (χ3v) is 2.37. The van der Waals surface area contributed by atoms with Gasteiger partial charge >= 0.3 is 0 Å². The minimum absolute atomic E-state index is 0.0441. The van der Waals surface area contributed by atoms with Crippen molar-refractivity contribution in [2.45, 2.75) is 33.2 Å². The molecule has 1 unspecified atom stereocenters. The normalized spacial score (nSPS) is 11.9. The topological polar surface area (TPSA) is 63.2 Å². The minimum atomic E-state index is -0.0441. The lowest BCUT2D eigenvalue weighted by atomic mass is 10.2. The molecule has 1 atom stereocenters. The van der Waals surface area contributed by atoms with E-state index in [1.165, 1.54) is 0 Å². The lowest BCUT2D eigenvalue weighted by Crippen LogP contribution is -2.30. The van der Waals surface area contributed by atoms with E-state index in [0.717, 1.165) is 6.54 Å². The monoisotopic (exact) mass is 251 g/mol. The van der Waals surface area contributed by atoms with Crippen LogP contribution in [0, 0.1) is 0 Å². The summed E-state index contributed by atoms with van der Waals surface area (Å²) < 4.78 is 5.35. The van der Waals surface area contributed by atoms with E-state index in [9.17, 15) is 4.79 Å². The van der Waals surface area contributed by atoms with Crippen LogP contribution >= 0.6 is 0 Å². The predicted octanol–water partition coefficient (Wildman–Crippen LogP) is 1.81. The molecule has 0 radical (unpaired) electrons. The van der Waals surface area contributed by atoms with Crippen LogP contribution in [-0.2, 0) is 4.79 Å². The van der Waals surface area contributed by atoms with Crippen LogP contribution in [0.4, 0.5) is 5.69 Å². The Hall–Kier alpha value is -1.62. The number of hydrogen-bond acceptors (Lipinski definition) is 4. The van der Waals surface area contributed by atoms with Gasteiger partial charge in [0.25, 0.3) is 0 Å². The molecule has 1 aromatic rings. The van der Waals surface area contributed by atoms with Gasteiger partial charge in [0.1, 0.15) is 5.69 Å². The first-order valence-electron chi connectivity index (χ1n) is 6.28. The second kappa shape index (κ2) is 7.66. The van der Waals surface area contributed by atoms with Crippen LogP contribution in [0.2, 0.25) is 0 Å². The molecule has 0 aliphatic rings. The van der Waals surface area contributed by atoms with Crippen molar-refractivity contribution in [3.63, 3.8) is 0 Å². The van der Waals surface area contributed by atoms with E-state index in [2.05, 4.69) is 15.6 Å². The Morgan fingerprint density at radius 3 is 2.94 bits per heavy atom. The SMILES string of the molecule is CCNC(C)CC(=O)Nc1cccnc1OCC. The Labute approximate surface area is 108 Å². The number of aromatic nitrogens is 1. The number of rotatable bonds is 7. The maximum absolute atomic E-state index is 11.8. The van der Waals surface area contributed by atoms with Crippen molar-refractivity contribution in [1.29, 1.82) is 0 Å². The molecule has 1 aromatic heterocycles. The highest BCUT2D eigenvalue weighted by atomic mass is 16.5. The van der Waals surface area contributed by atoms with Gasteiger partial charge in [-0.3, -0.25) is 4.79 Å². The summed E-state index contributed by atoms with van der Waals surface area (Å²) in [5.41, 5.74) is 0.619. The predicted molar refractivity (Wildman–Crippen MR) is 71.8 cm³/mol. The molecule has 0 saturated carbocycles. The molecule has 0 fully saturated rings. The highest BCUT2D eigenvalue weighted by Crippen LogP contribution is 2.20. The third kappa shape index (κ3) is 4.71. The number of carbonyl (C=O) groups is 1. The molecule has 5 heteroatoms. The zero-order valence-electron chi connectivity index (χ0n) is 11.2. The zero-order valence-corrected chi connectivity index (χ0v) is 11.2. The van der Waals surface area contributed by atoms with Gasteiger partial charge < -0.3 is 15.4 Å². The van der Waals surface area contributed by atoms with Crippen molar-refractivity contribution in [2.75, 3.05) is 18.5 Å². The van der Waals surface area contributed by atoms with E-state index in [0.29, 0.717) is 24.6 Å². The minimum Gasteiger partial charge on any atom is -0.476 e. The van der Waals surface area contributed by atoms with Crippen LogP contribution in [0.1, 0.15) is 27.2 Å². The van der Waals surface area contributed by atoms with Crippen molar-refractivity contribution < 1.29 is 9.53 Å². The molecule has 5 nitrogen and oxygen atoms in total. The van der Waals surface area contributed by atoms with Gasteiger partial charge in [0.2, 0.25) is 11.8 Å². The first kappa shape index (κ1) is 14.4. The molecule has 0 aliphatic heterocycles. The molecule has 0 aliphatic carbocycles. The summed E-state index contributed by atoms with van der Waals surface area (Å²) in [6, 6.07) is 3.71. The van der Waals surface area contributed by atoms with Gasteiger partial charge in [0, 0.05) is 18.7 Å². The Kier molecular flexibility index (Phi) is 6.14. The number of nitrogens with one attached hydrogen (secondary N) is 2. The molecule has 0 spiro atoms. The lowest BCUT2D eigenvalue weighted by Gasteiger charge is -2.13. The van der Waals surface area contributed by atoms with Gasteiger partial charge in [-0.15, -0.1) is 0 Å². The summed E-state index contributed by atoms with van der Waals surface area (Å²) in [6.45, 7) is 7.26. The number of pyridine rings is 1. The summed E-state index contributed by atoms with van der Waals surface area (Å²) in [7, 11) is 0. The third-order valence-electron chi connectivity index (χ3n) is 2.37. The largest absolute Gasteiger partial charge is 0.476 e. The Bertz CT molecular complexity index is 382. The van der Waals surface area contributed by atoms with E-state index in [1.807, 2.05) is 20.8 Å². The Balaban J connectivity index is 2.58. The highest BCUT2D eigenvalue weighted by molar-refractivity contribution is 5.92. The molecule has 1 heterocycles. The van der Waals surface area contributed by atoms with Gasteiger partial charge in [-0.25, -0.2) is 4.98 Å². The first-order valence-corrected chi connectivity index (χ1v) is 6.28. The zero-order chi connectivity index (χ0) is 13.4. The fraction of sp³-hybridized carbons (Fsp3) is 0.538. The highest BCUT2D eigenvalue weighted by Gasteiger charge is 2.11. The Morgan fingerprint density at radius 1 is 1.50 bits per heavy atom. The van der Waals surface area contributed by atoms with Gasteiger partial charge in [-0.05, 0) is 32.5 Å². The second-order valence-corrected chi connectivity index (χ2v) is 4.00. The first-order chi connectivity index (χ1) is 8.67. The second-order valence-electron chi connectivity index (χ2n) is 4.00. The van der Waals surface area contributed by atoms with Crippen molar-refractivity contribution in [3.8, 4) is 5.88 Å². The van der Waals surface area contributed by atoms with Crippen LogP contribution in [0.15, 0.2) is 18.3 Å². The average molecular weight is 251 g/mol. The van der Waals surface area contributed by atoms with E-state index >= 15 is 0 Å². The fourth-order valence-electron chi connectivity index (χ4n) is 1.64. The number of anilines is 1. The fourth-order valence-corrected chi connectivity index (χ4v) is 1.64. The van der Waals surface area contributed by atoms with Crippen LogP contribution in [-0.4, -0.2) is 30.1 Å². The van der Waals surface area contributed by atoms with Gasteiger partial charge in [0.05, 0.1) is 6.61 Å². The average Bonchev–Trinajstić information content (AvgIpc) is 2.32. The molecule has 1 amide bonds. The van der Waals surface area contributed by atoms with Gasteiger partial charge in [0.15, 0.2) is 0 Å². The number of amides is 1. The molecule has 18 heavy (non-hydrogen) atoms. The molecular formula is C13H21N3O2. The number of ether oxygens (including phenoxy) is 1. The van der Waals surface area contributed by atoms with Crippen molar-refractivity contribution >= 4 is 11.6 Å². The molecular weight excluding hydrogens is 230 g/mol. The van der Waals surface area contributed by atoms with Crippen molar-refractivity contribution in [2.24, 2.45) is 0 Å². The molecule has 2 N–H and O–H groups in total. The van der Waals surface area contributed by atoms with Crippen molar-refractivity contribution in [3.05, 3.63) is 18.3 Å². The molecule has 0 aromatic carbocycles. The van der Waals surface area contributed by atoms with Crippen LogP contribution in [0.5, 0.6) is 5.88 Å². The summed E-state index contributed by atoms with van der Waals surface area (Å²) in [5.74, 6) is 0.418. The standard InChI is InChI=1S/C13H21N3O2/c1-4-14-10(3)9-12(17)16-11-7-6-8-15-13(11)18-5-2/h6-8,10,14H,4-5,9H2,1-3H3,(H,16,17). The van der Waals surface area contributed by atoms with Gasteiger partial charge in [-0.2, -0.15) is 0 Å². The van der Waals surface area contributed by atoms with E-state index in [1.54, 1.807) is 18.3 Å². The van der Waals surface area contributed by atoms with E-state index in [-0.39, 0.29) is 11.9 Å². The van der Waals surface area contributed by atoms with E-state index < -0.39 is 0 Å². The summed E-state index contributed by atoms with van der Waals surface area (Å²) in [5, 5.41) is 6.01. The molecule has 0 saturated heterocycles. The maximum Gasteiger partial charge on any atom is 0.237 e. The quantitative estimate of drug-likeness (QED) is 0.775. The number of nitrogens with zero attached hydrogens (tertiary/aromatic N) is 1. The number of hydrogen-bond donors (Lipinski definition) is 2. The smallest absolute Gasteiger partial charge is 0.237 e. The van der Waals surface area contributed by atoms with E-state index in [4.69, 9.17) is 4.74 Å². The lowest BCUT2D eigenvalue weighted by molar-refractivity contribution is -0.116. The summed E-state index contributed by atoms with van der Waals surface area (Å²) in [6.07, 6.45) is 2.07.